The molecule has 0 unspecified atom stereocenters. The van der Waals surface area contributed by atoms with Gasteiger partial charge in [0.25, 0.3) is 0 Å². The maximum Gasteiger partial charge on any atom is 1.00 e. The van der Waals surface area contributed by atoms with Gasteiger partial charge in [-0.15, -0.1) is 0 Å². The van der Waals surface area contributed by atoms with E-state index in [0.717, 1.165) is 0 Å². The van der Waals surface area contributed by atoms with Crippen LogP contribution in [0.3, 0.4) is 0 Å². The molecule has 0 atom stereocenters. The van der Waals surface area contributed by atoms with Crippen molar-refractivity contribution >= 4 is 36.6 Å². The normalized spacial score (nSPS) is 4.35. The molecule has 0 amide bonds. The van der Waals surface area contributed by atoms with E-state index in [1.165, 1.54) is 0 Å². The summed E-state index contributed by atoms with van der Waals surface area (Å²) in [6, 6.07) is 0. The van der Waals surface area contributed by atoms with E-state index in [4.69, 9.17) is 75.4 Å². The van der Waals surface area contributed by atoms with Crippen LogP contribution in [0.2, 0.25) is 0 Å². The Kier molecular flexibility index (Phi) is 439. The fourth-order valence-electron chi connectivity index (χ4n) is 0. The summed E-state index contributed by atoms with van der Waals surface area (Å²) in [5.41, 5.74) is 0. The van der Waals surface area contributed by atoms with Gasteiger partial charge in [-0.25, -0.2) is 0 Å². The van der Waals surface area contributed by atoms with Crippen LogP contribution < -0.4 is 105 Å². The van der Waals surface area contributed by atoms with Gasteiger partial charge in [0.15, 0.2) is 0 Å². The second-order valence-electron chi connectivity index (χ2n) is 1.44. The van der Waals surface area contributed by atoms with Crippen LogP contribution in [0.4, 0.5) is 0 Å². The van der Waals surface area contributed by atoms with Crippen molar-refractivity contribution in [1.29, 1.82) is 0 Å². The summed E-state index contributed by atoms with van der Waals surface area (Å²) >= 11 is 0. The minimum absolute atomic E-state index is 0. The smallest absolute Gasteiger partial charge is 0.907 e. The van der Waals surface area contributed by atoms with E-state index in [-0.39, 0.29) is 84.3 Å². The summed E-state index contributed by atoms with van der Waals surface area (Å²) in [6.07, 6.45) is 0. The van der Waals surface area contributed by atoms with Crippen LogP contribution in [-0.2, 0) is 0 Å². The Hall–Kier alpha value is 0.325. The molecule has 0 spiro atoms. The molecule has 20 N–H and O–H groups in total. The van der Waals surface area contributed by atoms with E-state index in [1.54, 1.807) is 0 Å². The van der Waals surface area contributed by atoms with Crippen LogP contribution in [0.5, 0.6) is 0 Å². The van der Waals surface area contributed by atoms with Crippen molar-refractivity contribution in [3.63, 3.8) is 0 Å². The maximum absolute atomic E-state index is 8.42. The van der Waals surface area contributed by atoms with Gasteiger partial charge in [0.1, 0.15) is 0 Å². The first-order chi connectivity index (χ1) is 8.66. The predicted molar refractivity (Wildman–Crippen MR) is 64.9 cm³/mol. The summed E-state index contributed by atoms with van der Waals surface area (Å²) in [5, 5.41) is 126. The number of hydrogen-bond donors (Lipinski definition) is 0. The van der Waals surface area contributed by atoms with Gasteiger partial charge in [-0.05, 0) is 0 Å². The van der Waals surface area contributed by atoms with Gasteiger partial charge in [-0.3, -0.25) is 36.6 Å². The van der Waals surface area contributed by atoms with Crippen LogP contribution >= 0.6 is 0 Å². The Morgan fingerprint density at radius 2 is 0.194 bits per heavy atom. The van der Waals surface area contributed by atoms with Crippen molar-refractivity contribution in [2.24, 2.45) is 0 Å². The molecule has 0 bridgehead atoms. The molecule has 0 saturated heterocycles. The zero-order valence-corrected chi connectivity index (χ0v) is 17.0. The second-order valence-corrected chi connectivity index (χ2v) is 1.44. The summed E-state index contributed by atoms with van der Waals surface area (Å²) < 4.78 is 0. The first-order valence-electron chi connectivity index (χ1n) is 3.54. The van der Waals surface area contributed by atoms with Gasteiger partial charge in [0.2, 0.25) is 0 Å². The Morgan fingerprint density at radius 3 is 0.194 bits per heavy atom. The SMILES string of the molecule is O.O.O.O.O.O.O.O.O.O.[Na+].[O-]B([O-])[O-].[O-]B([O-])[O-].[O-]B([O-])[O-].[O-]B([O-])[O-].[O-]B([O-])[O-]. The third-order valence-corrected chi connectivity index (χ3v) is 0. The van der Waals surface area contributed by atoms with E-state index >= 15 is 0 Å². The average Bonchev–Trinajstić information content (AvgIpc) is 1.94. The fourth-order valence-corrected chi connectivity index (χ4v) is 0. The van der Waals surface area contributed by atoms with E-state index in [9.17, 15) is 0 Å². The molecule has 0 fully saturated rings. The molecule has 200 valence electrons. The van der Waals surface area contributed by atoms with Gasteiger partial charge in [0.05, 0.1) is 0 Å². The van der Waals surface area contributed by atoms with Gasteiger partial charge in [-0.1, -0.05) is 0 Å². The standard InChI is InChI=1S/5BO3.Na.10H2O/c5*2-1(3)4;;;;;;;;;;;/h;;;;;;10*1H2/q5*-3;+1;;;;;;;;;;. The first-order valence-corrected chi connectivity index (χ1v) is 3.54. The number of hydrogen-bond acceptors (Lipinski definition) is 15. The molecule has 31 heteroatoms. The molecule has 0 heterocycles. The molecule has 0 aliphatic rings. The maximum atomic E-state index is 8.42. The largest absolute Gasteiger partial charge is 1.00 e. The number of rotatable bonds is 0. The Labute approximate surface area is 196 Å². The molecular weight excluding hydrogens is 477 g/mol. The molecule has 0 aromatic carbocycles. The fraction of sp³-hybridized carbons (Fsp3) is 0. The molecule has 0 aromatic rings. The van der Waals surface area contributed by atoms with Crippen LogP contribution in [0.25, 0.3) is 0 Å². The minimum atomic E-state index is -2.92. The first kappa shape index (κ1) is 123. The zero-order chi connectivity index (χ0) is 17.9. The van der Waals surface area contributed by atoms with Crippen molar-refractivity contribution < 1.29 is 160 Å². The van der Waals surface area contributed by atoms with Crippen molar-refractivity contribution in [3.05, 3.63) is 0 Å². The summed E-state index contributed by atoms with van der Waals surface area (Å²) in [5.74, 6) is 0. The third-order valence-electron chi connectivity index (χ3n) is 0. The monoisotopic (exact) mass is 498 g/mol. The summed E-state index contributed by atoms with van der Waals surface area (Å²) in [7, 11) is -14.6. The van der Waals surface area contributed by atoms with Gasteiger partial charge >= 0.3 is 29.6 Å². The Morgan fingerprint density at radius 1 is 0.194 bits per heavy atom. The summed E-state index contributed by atoms with van der Waals surface area (Å²) in [6.45, 7) is 0. The Bertz CT molecular complexity index is 84.5. The quantitative estimate of drug-likeness (QED) is 0.280. The Balaban J connectivity index is -0.00000000595. The predicted octanol–water partition coefficient (Wildman–Crippen LogP) is -31.0. The van der Waals surface area contributed by atoms with Gasteiger partial charge in [-0.2, -0.15) is 0 Å². The van der Waals surface area contributed by atoms with Gasteiger partial charge in [0, 0.05) is 0 Å². The van der Waals surface area contributed by atoms with Crippen molar-refractivity contribution in [2.75, 3.05) is 0 Å². The summed E-state index contributed by atoms with van der Waals surface area (Å²) in [4.78, 5) is 0. The van der Waals surface area contributed by atoms with E-state index in [1.807, 2.05) is 0 Å². The third kappa shape index (κ3) is 231000. The van der Waals surface area contributed by atoms with E-state index < -0.39 is 36.6 Å². The molecular formula is H20B5NaO25-14. The zero-order valence-electron chi connectivity index (χ0n) is 15.0. The molecule has 0 saturated carbocycles. The van der Waals surface area contributed by atoms with Crippen molar-refractivity contribution in [3.8, 4) is 0 Å². The molecule has 0 radical (unpaired) electrons. The minimum Gasteiger partial charge on any atom is -0.907 e. The average molecular weight is 497 g/mol. The van der Waals surface area contributed by atoms with E-state index in [0.29, 0.717) is 0 Å². The molecule has 25 nitrogen and oxygen atoms in total. The molecule has 0 aliphatic carbocycles. The van der Waals surface area contributed by atoms with Crippen LogP contribution in [-0.4, -0.2) is 91.4 Å². The van der Waals surface area contributed by atoms with E-state index in [2.05, 4.69) is 0 Å². The second kappa shape index (κ2) is 111. The molecule has 31 heavy (non-hydrogen) atoms. The van der Waals surface area contributed by atoms with Gasteiger partial charge < -0.3 is 130 Å². The topological polar surface area (TPSA) is 661 Å². The molecule has 0 aromatic heterocycles. The van der Waals surface area contributed by atoms with Crippen LogP contribution in [0, 0.1) is 0 Å². The molecule has 0 rings (SSSR count). The van der Waals surface area contributed by atoms with Crippen molar-refractivity contribution in [1.82, 2.24) is 0 Å². The van der Waals surface area contributed by atoms with Crippen LogP contribution in [0.15, 0.2) is 0 Å². The molecule has 0 aliphatic heterocycles. The van der Waals surface area contributed by atoms with Crippen molar-refractivity contribution in [2.45, 2.75) is 0 Å². The van der Waals surface area contributed by atoms with Crippen LogP contribution in [0.1, 0.15) is 0 Å².